The van der Waals surface area contributed by atoms with E-state index in [2.05, 4.69) is 204 Å². The van der Waals surface area contributed by atoms with Gasteiger partial charge in [0.05, 0.1) is 0 Å². The van der Waals surface area contributed by atoms with Crippen molar-refractivity contribution in [3.63, 3.8) is 0 Å². The van der Waals surface area contributed by atoms with Crippen LogP contribution < -0.4 is 9.80 Å². The van der Waals surface area contributed by atoms with Crippen LogP contribution in [0.1, 0.15) is 44.5 Å². The number of rotatable bonds is 7. The molecule has 2 aromatic heterocycles. The van der Waals surface area contributed by atoms with E-state index in [4.69, 9.17) is 0 Å². The van der Waals surface area contributed by atoms with Crippen LogP contribution in [0, 0.1) is 0 Å². The molecule has 14 rings (SSSR count). The first-order chi connectivity index (χ1) is 31.7. The molecule has 2 heterocycles. The lowest BCUT2D eigenvalue weighted by Crippen LogP contribution is -2.09. The van der Waals surface area contributed by atoms with Crippen LogP contribution >= 0.6 is 22.7 Å². The average molecular weight is 853 g/mol. The summed E-state index contributed by atoms with van der Waals surface area (Å²) in [6, 6.07) is 73.2. The molecule has 0 bridgehead atoms. The van der Waals surface area contributed by atoms with E-state index < -0.39 is 0 Å². The van der Waals surface area contributed by atoms with Gasteiger partial charge in [-0.3, -0.25) is 0 Å². The zero-order valence-electron chi connectivity index (χ0n) is 35.0. The van der Waals surface area contributed by atoms with Gasteiger partial charge in [0.25, 0.3) is 0 Å². The molecule has 10 aromatic rings. The van der Waals surface area contributed by atoms with E-state index in [0.29, 0.717) is 0 Å². The zero-order chi connectivity index (χ0) is 41.9. The molecule has 0 fully saturated rings. The van der Waals surface area contributed by atoms with Gasteiger partial charge >= 0.3 is 0 Å². The van der Waals surface area contributed by atoms with Crippen molar-refractivity contribution in [1.29, 1.82) is 0 Å². The van der Waals surface area contributed by atoms with Crippen LogP contribution in [0.25, 0.3) is 54.3 Å². The van der Waals surface area contributed by atoms with E-state index in [1.807, 2.05) is 22.7 Å². The summed E-state index contributed by atoms with van der Waals surface area (Å²) in [4.78, 5) is 7.53. The van der Waals surface area contributed by atoms with Crippen molar-refractivity contribution in [2.75, 3.05) is 9.80 Å². The van der Waals surface area contributed by atoms with Crippen LogP contribution in [-0.2, 0) is 25.7 Å². The largest absolute Gasteiger partial charge is 0.302 e. The molecule has 302 valence electrons. The Morgan fingerprint density at radius 1 is 0.250 bits per heavy atom. The smallest absolute Gasteiger partial charge is 0.101 e. The van der Waals surface area contributed by atoms with E-state index >= 15 is 0 Å². The molecule has 0 atom stereocenters. The molecule has 0 N–H and O–H groups in total. The third kappa shape index (κ3) is 5.69. The minimum Gasteiger partial charge on any atom is -0.302 e. The molecule has 0 unspecified atom stereocenters. The third-order valence-corrected chi connectivity index (χ3v) is 16.3. The number of fused-ring (bicyclic) bond motifs is 12. The van der Waals surface area contributed by atoms with Gasteiger partial charge in [-0.1, -0.05) is 121 Å². The van der Waals surface area contributed by atoms with E-state index in [-0.39, 0.29) is 0 Å². The molecule has 0 radical (unpaired) electrons. The fourth-order valence-electron chi connectivity index (χ4n) is 11.1. The maximum Gasteiger partial charge on any atom is 0.101 e. The van der Waals surface area contributed by atoms with Crippen molar-refractivity contribution >= 4 is 55.4 Å². The van der Waals surface area contributed by atoms with Crippen LogP contribution in [-0.4, -0.2) is 0 Å². The number of anilines is 6. The van der Waals surface area contributed by atoms with Gasteiger partial charge in [-0.15, -0.1) is 22.7 Å². The number of thiophene rings is 2. The SMILES string of the molecule is c1ccc2c(c1)Cc1cc(N(c3ccc4c(c3)Cc3ccccc3-4)c3ccc(-c4ccc(N(c5ccc6c(c5)Cc5ccccc5-6)c5ccc6c(c5)Cc5ccccc5-6)s4)s3)ccc1-2. The summed E-state index contributed by atoms with van der Waals surface area (Å²) >= 11 is 3.76. The second kappa shape index (κ2) is 14.1. The molecule has 0 spiro atoms. The minimum absolute atomic E-state index is 0.963. The van der Waals surface area contributed by atoms with Gasteiger partial charge in [0.15, 0.2) is 0 Å². The van der Waals surface area contributed by atoms with Crippen LogP contribution in [0.3, 0.4) is 0 Å². The first kappa shape index (κ1) is 36.3. The molecule has 0 aliphatic heterocycles. The zero-order valence-corrected chi connectivity index (χ0v) is 36.6. The maximum absolute atomic E-state index is 2.49. The normalized spacial score (nSPS) is 13.1. The van der Waals surface area contributed by atoms with Crippen molar-refractivity contribution in [2.24, 2.45) is 0 Å². The topological polar surface area (TPSA) is 6.48 Å². The predicted octanol–water partition coefficient (Wildman–Crippen LogP) is 16.7. The van der Waals surface area contributed by atoms with Gasteiger partial charge in [-0.05, 0) is 187 Å². The molecule has 4 aliphatic rings. The first-order valence-corrected chi connectivity index (χ1v) is 24.0. The van der Waals surface area contributed by atoms with Gasteiger partial charge < -0.3 is 9.80 Å². The number of nitrogens with zero attached hydrogens (tertiary/aromatic N) is 2. The molecule has 0 saturated carbocycles. The summed E-state index contributed by atoms with van der Waals surface area (Å²) in [6.07, 6.45) is 3.85. The van der Waals surface area contributed by atoms with Crippen molar-refractivity contribution in [1.82, 2.24) is 0 Å². The Balaban J connectivity index is 0.853. The Hall–Kier alpha value is -7.24. The summed E-state index contributed by atoms with van der Waals surface area (Å²) in [5.41, 5.74) is 26.9. The second-order valence-electron chi connectivity index (χ2n) is 17.6. The van der Waals surface area contributed by atoms with Crippen molar-refractivity contribution < 1.29 is 0 Å². The fraction of sp³-hybridized carbons (Fsp3) is 0.0667. The second-order valence-corrected chi connectivity index (χ2v) is 19.8. The Morgan fingerprint density at radius 2 is 0.516 bits per heavy atom. The fourth-order valence-corrected chi connectivity index (χ4v) is 13.2. The van der Waals surface area contributed by atoms with Gasteiger partial charge in [0.1, 0.15) is 10.0 Å². The van der Waals surface area contributed by atoms with Crippen LogP contribution in [0.15, 0.2) is 194 Å². The van der Waals surface area contributed by atoms with Gasteiger partial charge in [-0.2, -0.15) is 0 Å². The van der Waals surface area contributed by atoms with Gasteiger partial charge in [-0.25, -0.2) is 0 Å². The summed E-state index contributed by atoms with van der Waals surface area (Å²) in [6.45, 7) is 0. The summed E-state index contributed by atoms with van der Waals surface area (Å²) in [5.74, 6) is 0. The van der Waals surface area contributed by atoms with E-state index in [9.17, 15) is 0 Å². The summed E-state index contributed by atoms with van der Waals surface area (Å²) in [7, 11) is 0. The van der Waals surface area contributed by atoms with Crippen LogP contribution in [0.2, 0.25) is 0 Å². The molecule has 8 aromatic carbocycles. The molecule has 4 heteroatoms. The highest BCUT2D eigenvalue weighted by atomic mass is 32.1. The Morgan fingerprint density at radius 3 is 0.812 bits per heavy atom. The summed E-state index contributed by atoms with van der Waals surface area (Å²) < 4.78 is 0. The van der Waals surface area contributed by atoms with Gasteiger partial charge in [0.2, 0.25) is 0 Å². The highest BCUT2D eigenvalue weighted by molar-refractivity contribution is 7.26. The molecule has 2 nitrogen and oxygen atoms in total. The van der Waals surface area contributed by atoms with Crippen LogP contribution in [0.5, 0.6) is 0 Å². The van der Waals surface area contributed by atoms with Crippen LogP contribution in [0.4, 0.5) is 32.8 Å². The number of hydrogen-bond donors (Lipinski definition) is 0. The Labute approximate surface area is 381 Å². The lowest BCUT2D eigenvalue weighted by atomic mass is 10.0. The standard InChI is InChI=1S/C60H40N2S2/c1-5-13-49-37(9-1)29-41-33-45(17-21-53(41)49)61(46-18-22-54-42(34-46)30-38-10-2-6-14-50(38)54)59-27-25-57(63-59)58-26-28-60(64-58)62(47-19-23-55-43(35-47)31-39-11-3-7-15-51(39)55)48-20-24-56-44(36-48)32-40-12-4-8-16-52(40)56/h1-28,33-36H,29-32H2. The predicted molar refractivity (Wildman–Crippen MR) is 270 cm³/mol. The molecule has 4 aliphatic carbocycles. The molecule has 0 amide bonds. The third-order valence-electron chi connectivity index (χ3n) is 14.0. The number of benzene rings is 8. The van der Waals surface area contributed by atoms with Crippen molar-refractivity contribution in [2.45, 2.75) is 25.7 Å². The minimum atomic E-state index is 0.963. The average Bonchev–Trinajstić information content (AvgIpc) is 4.20. The molecular formula is C60H40N2S2. The molecule has 0 saturated heterocycles. The highest BCUT2D eigenvalue weighted by Gasteiger charge is 2.27. The molecule has 64 heavy (non-hydrogen) atoms. The Kier molecular flexibility index (Phi) is 8.01. The van der Waals surface area contributed by atoms with E-state index in [0.717, 1.165) is 25.7 Å². The number of hydrogen-bond acceptors (Lipinski definition) is 4. The lowest BCUT2D eigenvalue weighted by Gasteiger charge is -2.25. The summed E-state index contributed by atoms with van der Waals surface area (Å²) in [5, 5.41) is 2.42. The Bertz CT molecular complexity index is 3120. The van der Waals surface area contributed by atoms with Crippen molar-refractivity contribution in [3.8, 4) is 54.3 Å². The maximum atomic E-state index is 2.49. The van der Waals surface area contributed by atoms with E-state index in [1.54, 1.807) is 0 Å². The lowest BCUT2D eigenvalue weighted by molar-refractivity contribution is 1.22. The monoisotopic (exact) mass is 852 g/mol. The first-order valence-electron chi connectivity index (χ1n) is 22.3. The van der Waals surface area contributed by atoms with Gasteiger partial charge in [0, 0.05) is 32.5 Å². The van der Waals surface area contributed by atoms with E-state index in [1.165, 1.54) is 132 Å². The quantitative estimate of drug-likeness (QED) is 0.158. The molecular weight excluding hydrogens is 813 g/mol. The van der Waals surface area contributed by atoms with Crippen molar-refractivity contribution in [3.05, 3.63) is 239 Å². The highest BCUT2D eigenvalue weighted by Crippen LogP contribution is 2.51.